The van der Waals surface area contributed by atoms with Gasteiger partial charge in [0.15, 0.2) is 0 Å². The minimum atomic E-state index is -3.54. The molecule has 15 heavy (non-hydrogen) atoms. The van der Waals surface area contributed by atoms with Crippen LogP contribution >= 0.6 is 15.9 Å². The molecule has 0 N–H and O–H groups in total. The van der Waals surface area contributed by atoms with Crippen molar-refractivity contribution in [2.75, 3.05) is 0 Å². The second kappa shape index (κ2) is 3.79. The van der Waals surface area contributed by atoms with Crippen LogP contribution in [0.5, 0.6) is 0 Å². The zero-order valence-electron chi connectivity index (χ0n) is 7.54. The largest absolute Gasteiger partial charge is 0.282 e. The lowest BCUT2D eigenvalue weighted by molar-refractivity contribution is 0.580. The molecule has 0 aliphatic carbocycles. The maximum atomic E-state index is 11.9. The van der Waals surface area contributed by atoms with E-state index in [2.05, 4.69) is 21.0 Å². The smallest absolute Gasteiger partial charge is 0.199 e. The van der Waals surface area contributed by atoms with Crippen LogP contribution in [-0.2, 0) is 10.0 Å². The van der Waals surface area contributed by atoms with Gasteiger partial charge in [-0.3, -0.25) is 0 Å². The van der Waals surface area contributed by atoms with Gasteiger partial charge in [-0.05, 0) is 28.1 Å². The summed E-state index contributed by atoms with van der Waals surface area (Å²) in [6, 6.07) is 8.17. The molecule has 0 amide bonds. The van der Waals surface area contributed by atoms with Crippen LogP contribution in [0, 0.1) is 0 Å². The lowest BCUT2D eigenvalue weighted by Crippen LogP contribution is -2.13. The molecule has 0 radical (unpaired) electrons. The van der Waals surface area contributed by atoms with Crippen LogP contribution in [0.15, 0.2) is 52.1 Å². The van der Waals surface area contributed by atoms with E-state index in [0.29, 0.717) is 4.47 Å². The van der Waals surface area contributed by atoms with Crippen LogP contribution in [0.2, 0.25) is 0 Å². The van der Waals surface area contributed by atoms with Gasteiger partial charge in [0.25, 0.3) is 10.0 Å². The molecule has 6 heteroatoms. The minimum Gasteiger partial charge on any atom is -0.199 e. The minimum absolute atomic E-state index is 0.223. The van der Waals surface area contributed by atoms with E-state index in [9.17, 15) is 8.42 Å². The Morgan fingerprint density at radius 1 is 1.20 bits per heavy atom. The van der Waals surface area contributed by atoms with Crippen molar-refractivity contribution in [3.63, 3.8) is 0 Å². The van der Waals surface area contributed by atoms with E-state index >= 15 is 0 Å². The zero-order chi connectivity index (χ0) is 10.9. The van der Waals surface area contributed by atoms with Crippen LogP contribution in [0.25, 0.3) is 0 Å². The standard InChI is InChI=1S/C9H7BrN2O2S/c10-8-6-11-12(7-8)15(13,14)9-4-2-1-3-5-9/h1-7H. The molecule has 4 nitrogen and oxygen atoms in total. The Morgan fingerprint density at radius 2 is 1.87 bits per heavy atom. The SMILES string of the molecule is O=S(=O)(c1ccccc1)n1cc(Br)cn1. The Hall–Kier alpha value is -1.14. The molecule has 1 aromatic carbocycles. The molecule has 0 fully saturated rings. The summed E-state index contributed by atoms with van der Waals surface area (Å²) >= 11 is 3.15. The molecule has 0 aliphatic heterocycles. The predicted octanol–water partition coefficient (Wildman–Crippen LogP) is 1.88. The van der Waals surface area contributed by atoms with E-state index in [4.69, 9.17) is 0 Å². The maximum Gasteiger partial charge on any atom is 0.282 e. The third kappa shape index (κ3) is 1.95. The monoisotopic (exact) mass is 286 g/mol. The van der Waals surface area contributed by atoms with Gasteiger partial charge in [0, 0.05) is 0 Å². The van der Waals surface area contributed by atoms with Gasteiger partial charge in [0.1, 0.15) is 0 Å². The lowest BCUT2D eigenvalue weighted by Gasteiger charge is -2.02. The van der Waals surface area contributed by atoms with Gasteiger partial charge in [-0.15, -0.1) is 0 Å². The van der Waals surface area contributed by atoms with Crippen molar-refractivity contribution in [2.45, 2.75) is 4.90 Å². The average Bonchev–Trinajstić information content (AvgIpc) is 2.67. The zero-order valence-corrected chi connectivity index (χ0v) is 9.94. The number of aromatic nitrogens is 2. The van der Waals surface area contributed by atoms with E-state index < -0.39 is 10.0 Å². The summed E-state index contributed by atoms with van der Waals surface area (Å²) in [5.74, 6) is 0. The Kier molecular flexibility index (Phi) is 2.62. The van der Waals surface area contributed by atoms with Crippen LogP contribution in [0.4, 0.5) is 0 Å². The third-order valence-corrected chi connectivity index (χ3v) is 3.79. The Balaban J connectivity index is 2.54. The first-order chi connectivity index (χ1) is 7.10. The van der Waals surface area contributed by atoms with Crippen LogP contribution in [0.1, 0.15) is 0 Å². The highest BCUT2D eigenvalue weighted by molar-refractivity contribution is 9.10. The van der Waals surface area contributed by atoms with Crippen molar-refractivity contribution in [3.05, 3.63) is 47.2 Å². The van der Waals surface area contributed by atoms with Crippen molar-refractivity contribution in [3.8, 4) is 0 Å². The molecule has 0 atom stereocenters. The molecule has 0 spiro atoms. The van der Waals surface area contributed by atoms with E-state index in [1.165, 1.54) is 24.5 Å². The highest BCUT2D eigenvalue weighted by atomic mass is 79.9. The number of benzene rings is 1. The third-order valence-electron chi connectivity index (χ3n) is 1.82. The first kappa shape index (κ1) is 10.4. The van der Waals surface area contributed by atoms with E-state index in [-0.39, 0.29) is 4.90 Å². The van der Waals surface area contributed by atoms with Crippen molar-refractivity contribution in [2.24, 2.45) is 0 Å². The quantitative estimate of drug-likeness (QED) is 0.847. The van der Waals surface area contributed by atoms with Crippen molar-refractivity contribution >= 4 is 26.0 Å². The molecular formula is C9H7BrN2O2S. The molecule has 0 saturated carbocycles. The van der Waals surface area contributed by atoms with Gasteiger partial charge in [0.05, 0.1) is 21.8 Å². The number of rotatable bonds is 2. The summed E-state index contributed by atoms with van der Waals surface area (Å²) in [7, 11) is -3.54. The second-order valence-electron chi connectivity index (χ2n) is 2.85. The van der Waals surface area contributed by atoms with E-state index in [0.717, 1.165) is 4.09 Å². The number of hydrogen-bond donors (Lipinski definition) is 0. The van der Waals surface area contributed by atoms with E-state index in [1.54, 1.807) is 18.2 Å². The second-order valence-corrected chi connectivity index (χ2v) is 5.56. The van der Waals surface area contributed by atoms with Crippen molar-refractivity contribution in [1.29, 1.82) is 0 Å². The molecule has 0 aliphatic rings. The molecule has 78 valence electrons. The van der Waals surface area contributed by atoms with Crippen LogP contribution in [-0.4, -0.2) is 17.6 Å². The average molecular weight is 287 g/mol. The molecule has 0 bridgehead atoms. The highest BCUT2D eigenvalue weighted by Gasteiger charge is 2.16. The Labute approximate surface area is 95.7 Å². The normalized spacial score (nSPS) is 11.5. The Bertz CT molecular complexity index is 563. The molecule has 2 rings (SSSR count). The topological polar surface area (TPSA) is 52.0 Å². The van der Waals surface area contributed by atoms with E-state index in [1.807, 2.05) is 0 Å². The molecule has 0 unspecified atom stereocenters. The van der Waals surface area contributed by atoms with Gasteiger partial charge >= 0.3 is 0 Å². The van der Waals surface area contributed by atoms with Crippen LogP contribution in [0.3, 0.4) is 0 Å². The van der Waals surface area contributed by atoms with Gasteiger partial charge in [-0.1, -0.05) is 18.2 Å². The van der Waals surface area contributed by atoms with Gasteiger partial charge in [0.2, 0.25) is 0 Å². The van der Waals surface area contributed by atoms with Gasteiger partial charge < -0.3 is 0 Å². The lowest BCUT2D eigenvalue weighted by atomic mass is 10.4. The van der Waals surface area contributed by atoms with Gasteiger partial charge in [-0.25, -0.2) is 0 Å². The summed E-state index contributed by atoms with van der Waals surface area (Å²) in [6.45, 7) is 0. The summed E-state index contributed by atoms with van der Waals surface area (Å²) in [5, 5.41) is 3.75. The fourth-order valence-corrected chi connectivity index (χ4v) is 2.68. The van der Waals surface area contributed by atoms with Gasteiger partial charge in [-0.2, -0.15) is 17.6 Å². The van der Waals surface area contributed by atoms with Crippen molar-refractivity contribution in [1.82, 2.24) is 9.19 Å². The maximum absolute atomic E-state index is 11.9. The fourth-order valence-electron chi connectivity index (χ4n) is 1.12. The molecular weight excluding hydrogens is 280 g/mol. The molecule has 2 aromatic rings. The molecule has 1 aromatic heterocycles. The predicted molar refractivity (Wildman–Crippen MR) is 59.0 cm³/mol. The van der Waals surface area contributed by atoms with Crippen LogP contribution < -0.4 is 0 Å². The number of halogens is 1. The summed E-state index contributed by atoms with van der Waals surface area (Å²) in [6.07, 6.45) is 2.84. The summed E-state index contributed by atoms with van der Waals surface area (Å²) in [4.78, 5) is 0.223. The summed E-state index contributed by atoms with van der Waals surface area (Å²) < 4.78 is 25.4. The number of nitrogens with zero attached hydrogens (tertiary/aromatic N) is 2. The summed E-state index contributed by atoms with van der Waals surface area (Å²) in [5.41, 5.74) is 0. The highest BCUT2D eigenvalue weighted by Crippen LogP contribution is 2.14. The van der Waals surface area contributed by atoms with Crippen molar-refractivity contribution < 1.29 is 8.42 Å². The molecule has 0 saturated heterocycles. The first-order valence-electron chi connectivity index (χ1n) is 4.11. The molecule has 1 heterocycles. The first-order valence-corrected chi connectivity index (χ1v) is 6.35. The fraction of sp³-hybridized carbons (Fsp3) is 0. The Morgan fingerprint density at radius 3 is 2.40 bits per heavy atom. The number of hydrogen-bond acceptors (Lipinski definition) is 3.